The van der Waals surface area contributed by atoms with Gasteiger partial charge in [0, 0.05) is 17.6 Å². The third kappa shape index (κ3) is 5.19. The molecule has 0 radical (unpaired) electrons. The average molecular weight is 269 g/mol. The number of hydrogen-bond donors (Lipinski definition) is 2. The summed E-state index contributed by atoms with van der Waals surface area (Å²) in [5.41, 5.74) is 0.830. The highest BCUT2D eigenvalue weighted by Gasteiger charge is 2.10. The van der Waals surface area contributed by atoms with Crippen LogP contribution in [-0.2, 0) is 16.1 Å². The summed E-state index contributed by atoms with van der Waals surface area (Å²) in [5, 5.41) is 5.92. The molecule has 0 saturated carbocycles. The molecule has 5 heteroatoms. The second-order valence-electron chi connectivity index (χ2n) is 4.27. The first kappa shape index (κ1) is 14.5. The number of benzene rings is 1. The van der Waals surface area contributed by atoms with E-state index in [4.69, 9.17) is 11.6 Å². The zero-order valence-corrected chi connectivity index (χ0v) is 11.3. The lowest BCUT2D eigenvalue weighted by Crippen LogP contribution is -2.35. The number of halogens is 1. The molecule has 4 nitrogen and oxygen atoms in total. The van der Waals surface area contributed by atoms with E-state index in [2.05, 4.69) is 10.6 Å². The molecule has 0 bridgehead atoms. The van der Waals surface area contributed by atoms with Crippen LogP contribution in [0.1, 0.15) is 25.8 Å². The minimum atomic E-state index is -0.312. The normalized spacial score (nSPS) is 10.2. The second-order valence-corrected chi connectivity index (χ2v) is 4.67. The summed E-state index contributed by atoms with van der Waals surface area (Å²) in [6.45, 7) is 4.02. The predicted molar refractivity (Wildman–Crippen MR) is 71.2 cm³/mol. The van der Waals surface area contributed by atoms with Gasteiger partial charge in [0.2, 0.25) is 11.8 Å². The Balaban J connectivity index is 2.38. The SMILES string of the molecule is CC(C)NC(=O)CC(=O)NCc1ccccc1Cl. The Bertz CT molecular complexity index is 433. The Labute approximate surface area is 112 Å². The summed E-state index contributed by atoms with van der Waals surface area (Å²) in [6.07, 6.45) is -0.164. The molecule has 0 saturated heterocycles. The fourth-order valence-corrected chi connectivity index (χ4v) is 1.62. The van der Waals surface area contributed by atoms with Crippen LogP contribution >= 0.6 is 11.6 Å². The third-order valence-electron chi connectivity index (χ3n) is 2.20. The van der Waals surface area contributed by atoms with Crippen molar-refractivity contribution in [3.8, 4) is 0 Å². The number of amides is 2. The minimum Gasteiger partial charge on any atom is -0.353 e. The fourth-order valence-electron chi connectivity index (χ4n) is 1.42. The second kappa shape index (κ2) is 7.01. The summed E-state index contributed by atoms with van der Waals surface area (Å²) < 4.78 is 0. The van der Waals surface area contributed by atoms with Crippen molar-refractivity contribution in [2.24, 2.45) is 0 Å². The van der Waals surface area contributed by atoms with E-state index in [-0.39, 0.29) is 24.3 Å². The first-order valence-electron chi connectivity index (χ1n) is 5.78. The quantitative estimate of drug-likeness (QED) is 0.801. The van der Waals surface area contributed by atoms with Gasteiger partial charge in [0.25, 0.3) is 0 Å². The monoisotopic (exact) mass is 268 g/mol. The van der Waals surface area contributed by atoms with E-state index in [9.17, 15) is 9.59 Å². The maximum absolute atomic E-state index is 11.5. The van der Waals surface area contributed by atoms with Crippen LogP contribution in [0.5, 0.6) is 0 Å². The molecule has 2 amide bonds. The highest BCUT2D eigenvalue weighted by molar-refractivity contribution is 6.31. The van der Waals surface area contributed by atoms with Crippen molar-refractivity contribution in [2.75, 3.05) is 0 Å². The van der Waals surface area contributed by atoms with Crippen molar-refractivity contribution in [2.45, 2.75) is 32.9 Å². The van der Waals surface area contributed by atoms with Crippen LogP contribution in [0.15, 0.2) is 24.3 Å². The summed E-state index contributed by atoms with van der Waals surface area (Å²) >= 11 is 5.95. The Morgan fingerprint density at radius 3 is 2.50 bits per heavy atom. The zero-order chi connectivity index (χ0) is 13.5. The molecule has 0 aliphatic rings. The van der Waals surface area contributed by atoms with Crippen molar-refractivity contribution in [1.29, 1.82) is 0 Å². The van der Waals surface area contributed by atoms with E-state index in [0.717, 1.165) is 5.56 Å². The van der Waals surface area contributed by atoms with Gasteiger partial charge in [-0.2, -0.15) is 0 Å². The largest absolute Gasteiger partial charge is 0.353 e. The standard InChI is InChI=1S/C13H17ClN2O2/c1-9(2)16-13(18)7-12(17)15-8-10-5-3-4-6-11(10)14/h3-6,9H,7-8H2,1-2H3,(H,15,17)(H,16,18). The van der Waals surface area contributed by atoms with E-state index in [1.165, 1.54) is 0 Å². The van der Waals surface area contributed by atoms with Crippen molar-refractivity contribution >= 4 is 23.4 Å². The first-order valence-corrected chi connectivity index (χ1v) is 6.16. The van der Waals surface area contributed by atoms with Gasteiger partial charge < -0.3 is 10.6 Å². The molecule has 0 spiro atoms. The van der Waals surface area contributed by atoms with E-state index < -0.39 is 0 Å². The minimum absolute atomic E-state index is 0.0360. The summed E-state index contributed by atoms with van der Waals surface area (Å²) in [6, 6.07) is 7.29. The van der Waals surface area contributed by atoms with E-state index in [1.807, 2.05) is 32.0 Å². The topological polar surface area (TPSA) is 58.2 Å². The molecule has 0 atom stereocenters. The van der Waals surface area contributed by atoms with Crippen LogP contribution in [0.2, 0.25) is 5.02 Å². The van der Waals surface area contributed by atoms with Crippen molar-refractivity contribution < 1.29 is 9.59 Å². The van der Waals surface area contributed by atoms with E-state index in [1.54, 1.807) is 6.07 Å². The van der Waals surface area contributed by atoms with Gasteiger partial charge in [-0.25, -0.2) is 0 Å². The Morgan fingerprint density at radius 1 is 1.22 bits per heavy atom. The molecule has 18 heavy (non-hydrogen) atoms. The molecule has 1 aromatic rings. The van der Waals surface area contributed by atoms with Crippen molar-refractivity contribution in [3.05, 3.63) is 34.9 Å². The van der Waals surface area contributed by atoms with Gasteiger partial charge in [-0.15, -0.1) is 0 Å². The van der Waals surface area contributed by atoms with Gasteiger partial charge in [-0.3, -0.25) is 9.59 Å². The van der Waals surface area contributed by atoms with Crippen LogP contribution in [0.25, 0.3) is 0 Å². The van der Waals surface area contributed by atoms with E-state index >= 15 is 0 Å². The summed E-state index contributed by atoms with van der Waals surface area (Å²) in [5.74, 6) is -0.588. The maximum Gasteiger partial charge on any atom is 0.229 e. The van der Waals surface area contributed by atoms with Gasteiger partial charge in [-0.05, 0) is 25.5 Å². The summed E-state index contributed by atoms with van der Waals surface area (Å²) in [4.78, 5) is 22.8. The van der Waals surface area contributed by atoms with Gasteiger partial charge in [0.05, 0.1) is 0 Å². The lowest BCUT2D eigenvalue weighted by Gasteiger charge is -2.09. The van der Waals surface area contributed by atoms with E-state index in [0.29, 0.717) is 11.6 Å². The number of nitrogens with one attached hydrogen (secondary N) is 2. The Hall–Kier alpha value is -1.55. The molecular formula is C13H17ClN2O2. The molecule has 0 fully saturated rings. The average Bonchev–Trinajstić information content (AvgIpc) is 2.26. The van der Waals surface area contributed by atoms with Gasteiger partial charge in [0.1, 0.15) is 6.42 Å². The fraction of sp³-hybridized carbons (Fsp3) is 0.385. The third-order valence-corrected chi connectivity index (χ3v) is 2.57. The van der Waals surface area contributed by atoms with Gasteiger partial charge in [0.15, 0.2) is 0 Å². The lowest BCUT2D eigenvalue weighted by molar-refractivity contribution is -0.129. The molecular weight excluding hydrogens is 252 g/mol. The summed E-state index contributed by atoms with van der Waals surface area (Å²) in [7, 11) is 0. The molecule has 0 aliphatic carbocycles. The van der Waals surface area contributed by atoms with Gasteiger partial charge >= 0.3 is 0 Å². The smallest absolute Gasteiger partial charge is 0.229 e. The van der Waals surface area contributed by atoms with Gasteiger partial charge in [-0.1, -0.05) is 29.8 Å². The van der Waals surface area contributed by atoms with Crippen LogP contribution in [0.4, 0.5) is 0 Å². The number of carbonyl (C=O) groups excluding carboxylic acids is 2. The Kier molecular flexibility index (Phi) is 5.65. The predicted octanol–water partition coefficient (Wildman–Crippen LogP) is 1.87. The van der Waals surface area contributed by atoms with Crippen molar-refractivity contribution in [3.63, 3.8) is 0 Å². The van der Waals surface area contributed by atoms with Crippen molar-refractivity contribution in [1.82, 2.24) is 10.6 Å². The molecule has 0 aliphatic heterocycles. The molecule has 2 N–H and O–H groups in total. The maximum atomic E-state index is 11.5. The molecule has 1 aromatic carbocycles. The molecule has 0 unspecified atom stereocenters. The first-order chi connectivity index (χ1) is 8.49. The number of hydrogen-bond acceptors (Lipinski definition) is 2. The molecule has 1 rings (SSSR count). The van der Waals surface area contributed by atoms with Crippen LogP contribution in [0, 0.1) is 0 Å². The highest BCUT2D eigenvalue weighted by atomic mass is 35.5. The molecule has 0 heterocycles. The van der Waals surface area contributed by atoms with Crippen LogP contribution < -0.4 is 10.6 Å². The Morgan fingerprint density at radius 2 is 1.89 bits per heavy atom. The number of carbonyl (C=O) groups is 2. The molecule has 0 aromatic heterocycles. The lowest BCUT2D eigenvalue weighted by atomic mass is 10.2. The number of rotatable bonds is 5. The van der Waals surface area contributed by atoms with Crippen LogP contribution in [-0.4, -0.2) is 17.9 Å². The highest BCUT2D eigenvalue weighted by Crippen LogP contribution is 2.14. The van der Waals surface area contributed by atoms with Crippen LogP contribution in [0.3, 0.4) is 0 Å². The zero-order valence-electron chi connectivity index (χ0n) is 10.5. The molecule has 98 valence electrons.